The largest absolute Gasteiger partial charge is 0.462 e. The number of rotatable bonds is 12. The molecule has 0 N–H and O–H groups in total. The summed E-state index contributed by atoms with van der Waals surface area (Å²) in [6.45, 7) is 6.67. The maximum atomic E-state index is 12.6. The molecular formula is C21H32O4. The second kappa shape index (κ2) is 12.5. The first-order valence-corrected chi connectivity index (χ1v) is 9.61. The third-order valence-electron chi connectivity index (χ3n) is 4.11. The van der Waals surface area contributed by atoms with Gasteiger partial charge in [-0.25, -0.2) is 9.59 Å². The predicted molar refractivity (Wildman–Crippen MR) is 99.9 cm³/mol. The average molecular weight is 348 g/mol. The minimum atomic E-state index is -0.454. The van der Waals surface area contributed by atoms with Crippen LogP contribution in [0.15, 0.2) is 24.3 Å². The van der Waals surface area contributed by atoms with Crippen molar-refractivity contribution < 1.29 is 19.1 Å². The molecule has 140 valence electrons. The number of esters is 2. The molecule has 0 amide bonds. The van der Waals surface area contributed by atoms with Gasteiger partial charge in [-0.15, -0.1) is 0 Å². The zero-order valence-corrected chi connectivity index (χ0v) is 15.9. The van der Waals surface area contributed by atoms with Crippen LogP contribution in [0.4, 0.5) is 0 Å². The minimum absolute atomic E-state index is 0.0916. The summed E-state index contributed by atoms with van der Waals surface area (Å²) in [5.41, 5.74) is 0.579. The van der Waals surface area contributed by atoms with Crippen LogP contribution in [0, 0.1) is 0 Å². The lowest BCUT2D eigenvalue weighted by Gasteiger charge is -2.18. The van der Waals surface area contributed by atoms with E-state index >= 15 is 0 Å². The lowest BCUT2D eigenvalue weighted by Crippen LogP contribution is -2.21. The van der Waals surface area contributed by atoms with Gasteiger partial charge in [-0.2, -0.15) is 0 Å². The first-order valence-electron chi connectivity index (χ1n) is 9.61. The molecule has 4 heteroatoms. The third-order valence-corrected chi connectivity index (χ3v) is 4.11. The number of benzene rings is 1. The number of ether oxygens (including phenoxy) is 2. The number of carbonyl (C=O) groups is 2. The van der Waals surface area contributed by atoms with Crippen molar-refractivity contribution in [2.24, 2.45) is 0 Å². The number of hydrogen-bond donors (Lipinski definition) is 0. The molecule has 4 nitrogen and oxygen atoms in total. The second-order valence-corrected chi connectivity index (χ2v) is 6.35. The molecule has 1 rings (SSSR count). The molecule has 0 aliphatic heterocycles. The average Bonchev–Trinajstić information content (AvgIpc) is 2.63. The van der Waals surface area contributed by atoms with Crippen LogP contribution >= 0.6 is 0 Å². The second-order valence-electron chi connectivity index (χ2n) is 6.35. The molecule has 25 heavy (non-hydrogen) atoms. The van der Waals surface area contributed by atoms with Crippen molar-refractivity contribution >= 4 is 11.9 Å². The van der Waals surface area contributed by atoms with E-state index in [2.05, 4.69) is 20.8 Å². The normalized spacial score (nSPS) is 11.8. The van der Waals surface area contributed by atoms with Gasteiger partial charge in [0.15, 0.2) is 0 Å². The molecule has 0 aliphatic rings. The van der Waals surface area contributed by atoms with Gasteiger partial charge in [0.2, 0.25) is 0 Å². The van der Waals surface area contributed by atoms with Crippen LogP contribution in [0.3, 0.4) is 0 Å². The van der Waals surface area contributed by atoms with Crippen molar-refractivity contribution in [3.8, 4) is 0 Å². The zero-order valence-electron chi connectivity index (χ0n) is 15.9. The Morgan fingerprint density at radius 3 is 2.08 bits per heavy atom. The first-order chi connectivity index (χ1) is 12.1. The Hall–Kier alpha value is -1.84. The fraction of sp³-hybridized carbons (Fsp3) is 0.619. The Morgan fingerprint density at radius 1 is 0.840 bits per heavy atom. The lowest BCUT2D eigenvalue weighted by atomic mass is 10.1. The van der Waals surface area contributed by atoms with Crippen LogP contribution in [0.25, 0.3) is 0 Å². The summed E-state index contributed by atoms with van der Waals surface area (Å²) in [5.74, 6) is -0.889. The van der Waals surface area contributed by atoms with Gasteiger partial charge in [0, 0.05) is 0 Å². The summed E-state index contributed by atoms with van der Waals surface area (Å²) in [6.07, 6.45) is 7.59. The summed E-state index contributed by atoms with van der Waals surface area (Å²) in [5, 5.41) is 0. The molecule has 0 spiro atoms. The fourth-order valence-corrected chi connectivity index (χ4v) is 2.66. The predicted octanol–water partition coefficient (Wildman–Crippen LogP) is 5.55. The van der Waals surface area contributed by atoms with Gasteiger partial charge >= 0.3 is 11.9 Å². The standard InChI is InChI=1S/C21H32O4/c1-4-7-11-16-24-20(22)18-14-9-10-15-19(18)21(23)25-17(12-6-3)13-8-5-2/h9-10,14-15,17H,4-8,11-13,16H2,1-3H3. The molecule has 0 radical (unpaired) electrons. The van der Waals surface area contributed by atoms with Crippen LogP contribution in [-0.2, 0) is 9.47 Å². The van der Waals surface area contributed by atoms with Crippen LogP contribution in [0.1, 0.15) is 92.9 Å². The van der Waals surface area contributed by atoms with Crippen LogP contribution in [-0.4, -0.2) is 24.6 Å². The Kier molecular flexibility index (Phi) is 10.6. The van der Waals surface area contributed by atoms with Gasteiger partial charge in [0.05, 0.1) is 17.7 Å². The summed E-state index contributed by atoms with van der Waals surface area (Å²) in [4.78, 5) is 24.9. The van der Waals surface area contributed by atoms with Gasteiger partial charge < -0.3 is 9.47 Å². The van der Waals surface area contributed by atoms with E-state index in [0.717, 1.165) is 51.4 Å². The van der Waals surface area contributed by atoms with E-state index in [1.165, 1.54) is 0 Å². The van der Waals surface area contributed by atoms with Crippen molar-refractivity contribution in [3.05, 3.63) is 35.4 Å². The van der Waals surface area contributed by atoms with Crippen LogP contribution < -0.4 is 0 Å². The number of unbranched alkanes of at least 4 members (excludes halogenated alkanes) is 3. The highest BCUT2D eigenvalue weighted by molar-refractivity contribution is 6.03. The van der Waals surface area contributed by atoms with Gasteiger partial charge in [0.1, 0.15) is 6.10 Å². The molecule has 0 fully saturated rings. The zero-order chi connectivity index (χ0) is 18.5. The highest BCUT2D eigenvalue weighted by atomic mass is 16.5. The van der Waals surface area contributed by atoms with E-state index in [-0.39, 0.29) is 11.7 Å². The Bertz CT molecular complexity index is 524. The Morgan fingerprint density at radius 2 is 1.48 bits per heavy atom. The molecular weight excluding hydrogens is 316 g/mol. The number of hydrogen-bond acceptors (Lipinski definition) is 4. The lowest BCUT2D eigenvalue weighted by molar-refractivity contribution is 0.0246. The summed E-state index contributed by atoms with van der Waals surface area (Å²) >= 11 is 0. The minimum Gasteiger partial charge on any atom is -0.462 e. The molecule has 0 bridgehead atoms. The Labute approximate surface area is 151 Å². The van der Waals surface area contributed by atoms with Gasteiger partial charge in [-0.05, 0) is 31.4 Å². The number of carbonyl (C=O) groups excluding carboxylic acids is 2. The fourth-order valence-electron chi connectivity index (χ4n) is 2.66. The van der Waals surface area contributed by atoms with E-state index in [0.29, 0.717) is 12.2 Å². The molecule has 1 aromatic rings. The topological polar surface area (TPSA) is 52.6 Å². The van der Waals surface area contributed by atoms with E-state index in [4.69, 9.17) is 9.47 Å². The van der Waals surface area contributed by atoms with Gasteiger partial charge in [-0.3, -0.25) is 0 Å². The van der Waals surface area contributed by atoms with Crippen molar-refractivity contribution in [1.82, 2.24) is 0 Å². The van der Waals surface area contributed by atoms with E-state index in [1.807, 2.05) is 0 Å². The maximum Gasteiger partial charge on any atom is 0.339 e. The molecule has 0 heterocycles. The van der Waals surface area contributed by atoms with Crippen molar-refractivity contribution in [2.45, 2.75) is 78.2 Å². The summed E-state index contributed by atoms with van der Waals surface area (Å²) in [6, 6.07) is 6.73. The van der Waals surface area contributed by atoms with Crippen molar-refractivity contribution in [1.29, 1.82) is 0 Å². The van der Waals surface area contributed by atoms with Crippen LogP contribution in [0.2, 0.25) is 0 Å². The smallest absolute Gasteiger partial charge is 0.339 e. The molecule has 0 aromatic heterocycles. The van der Waals surface area contributed by atoms with Crippen LogP contribution in [0.5, 0.6) is 0 Å². The molecule has 0 saturated carbocycles. The molecule has 1 atom stereocenters. The van der Waals surface area contributed by atoms with E-state index in [1.54, 1.807) is 24.3 Å². The van der Waals surface area contributed by atoms with Gasteiger partial charge in [-0.1, -0.05) is 65.0 Å². The third kappa shape index (κ3) is 7.72. The highest BCUT2D eigenvalue weighted by Crippen LogP contribution is 2.17. The quantitative estimate of drug-likeness (QED) is 0.367. The van der Waals surface area contributed by atoms with Crippen molar-refractivity contribution in [2.75, 3.05) is 6.61 Å². The Balaban J connectivity index is 2.75. The molecule has 0 saturated heterocycles. The molecule has 1 aromatic carbocycles. The molecule has 1 unspecified atom stereocenters. The van der Waals surface area contributed by atoms with Crippen molar-refractivity contribution in [3.63, 3.8) is 0 Å². The SMILES string of the molecule is CCCCCOC(=O)c1ccccc1C(=O)OC(CCC)CCCC. The monoisotopic (exact) mass is 348 g/mol. The van der Waals surface area contributed by atoms with E-state index in [9.17, 15) is 9.59 Å². The summed E-state index contributed by atoms with van der Waals surface area (Å²) < 4.78 is 11.0. The highest BCUT2D eigenvalue weighted by Gasteiger charge is 2.21. The summed E-state index contributed by atoms with van der Waals surface area (Å²) in [7, 11) is 0. The molecule has 0 aliphatic carbocycles. The maximum absolute atomic E-state index is 12.6. The van der Waals surface area contributed by atoms with E-state index < -0.39 is 11.9 Å². The van der Waals surface area contributed by atoms with Gasteiger partial charge in [0.25, 0.3) is 0 Å². The first kappa shape index (κ1) is 21.2.